The number of nitrogens with one attached hydrogen (secondary N) is 2. The van der Waals surface area contributed by atoms with Gasteiger partial charge in [0.2, 0.25) is 5.91 Å². The van der Waals surface area contributed by atoms with Gasteiger partial charge < -0.3 is 19.8 Å². The molecule has 3 aromatic carbocycles. The van der Waals surface area contributed by atoms with Crippen molar-refractivity contribution in [2.45, 2.75) is 32.1 Å². The van der Waals surface area contributed by atoms with Crippen molar-refractivity contribution < 1.29 is 19.2 Å². The summed E-state index contributed by atoms with van der Waals surface area (Å²) in [5, 5.41) is 15.5. The standard InChI is InChI=1S/C29H31N3O5/c1-4-20-7-6-10-23-25(18-31-29(20)23)24(21-8-5-9-22(16-21)32(34)35)17-28(33)30-14-13-19-11-12-26(36-2)27(15-19)37-3/h5-12,15-16,18,24,31H,4,13-14,17H2,1-3H3,(H,30,33)/t24-/m0/s1. The molecule has 0 spiro atoms. The van der Waals surface area contributed by atoms with Crippen LogP contribution in [0.5, 0.6) is 11.5 Å². The number of methoxy groups -OCH3 is 2. The zero-order valence-corrected chi connectivity index (χ0v) is 21.2. The number of rotatable bonds is 11. The number of carbonyl (C=O) groups is 1. The second-order valence-corrected chi connectivity index (χ2v) is 8.84. The lowest BCUT2D eigenvalue weighted by atomic mass is 9.87. The highest BCUT2D eigenvalue weighted by molar-refractivity contribution is 5.88. The second kappa shape index (κ2) is 11.6. The minimum absolute atomic E-state index is 0.00505. The third-order valence-corrected chi connectivity index (χ3v) is 6.65. The zero-order chi connectivity index (χ0) is 26.4. The summed E-state index contributed by atoms with van der Waals surface area (Å²) in [6, 6.07) is 18.3. The second-order valence-electron chi connectivity index (χ2n) is 8.84. The number of nitrogens with zero attached hydrogens (tertiary/aromatic N) is 1. The molecule has 0 bridgehead atoms. The van der Waals surface area contributed by atoms with Crippen LogP contribution in [0.1, 0.15) is 41.5 Å². The van der Waals surface area contributed by atoms with E-state index < -0.39 is 4.92 Å². The molecule has 1 aromatic heterocycles. The van der Waals surface area contributed by atoms with Crippen molar-refractivity contribution in [2.75, 3.05) is 20.8 Å². The molecule has 0 aliphatic rings. The Morgan fingerprint density at radius 3 is 2.57 bits per heavy atom. The van der Waals surface area contributed by atoms with Crippen molar-refractivity contribution in [2.24, 2.45) is 0 Å². The first-order valence-corrected chi connectivity index (χ1v) is 12.3. The van der Waals surface area contributed by atoms with Crippen LogP contribution in [0.4, 0.5) is 5.69 Å². The molecule has 1 heterocycles. The summed E-state index contributed by atoms with van der Waals surface area (Å²) in [7, 11) is 3.18. The third-order valence-electron chi connectivity index (χ3n) is 6.65. The van der Waals surface area contributed by atoms with Gasteiger partial charge in [-0.05, 0) is 47.2 Å². The van der Waals surface area contributed by atoms with Crippen LogP contribution >= 0.6 is 0 Å². The fourth-order valence-corrected chi connectivity index (χ4v) is 4.72. The van der Waals surface area contributed by atoms with Gasteiger partial charge >= 0.3 is 0 Å². The molecule has 0 aliphatic carbocycles. The maximum Gasteiger partial charge on any atom is 0.269 e. The number of aromatic amines is 1. The number of para-hydroxylation sites is 1. The first-order chi connectivity index (χ1) is 17.9. The van der Waals surface area contributed by atoms with E-state index in [9.17, 15) is 14.9 Å². The fraction of sp³-hybridized carbons (Fsp3) is 0.276. The Kier molecular flexibility index (Phi) is 8.08. The van der Waals surface area contributed by atoms with Crippen molar-refractivity contribution in [3.8, 4) is 11.5 Å². The van der Waals surface area contributed by atoms with Crippen molar-refractivity contribution in [3.63, 3.8) is 0 Å². The van der Waals surface area contributed by atoms with Gasteiger partial charge in [-0.3, -0.25) is 14.9 Å². The molecule has 192 valence electrons. The predicted molar refractivity (Wildman–Crippen MR) is 143 cm³/mol. The Bertz CT molecular complexity index is 1410. The number of aryl methyl sites for hydroxylation is 1. The monoisotopic (exact) mass is 501 g/mol. The molecule has 0 saturated heterocycles. The van der Waals surface area contributed by atoms with Gasteiger partial charge in [-0.25, -0.2) is 0 Å². The number of hydrogen-bond acceptors (Lipinski definition) is 5. The van der Waals surface area contributed by atoms with Crippen LogP contribution in [0.2, 0.25) is 0 Å². The summed E-state index contributed by atoms with van der Waals surface area (Å²) in [6.45, 7) is 2.54. The largest absolute Gasteiger partial charge is 0.493 e. The number of hydrogen-bond donors (Lipinski definition) is 2. The molecule has 1 amide bonds. The highest BCUT2D eigenvalue weighted by Crippen LogP contribution is 2.36. The van der Waals surface area contributed by atoms with Crippen LogP contribution in [0.15, 0.2) is 66.9 Å². The van der Waals surface area contributed by atoms with E-state index in [0.29, 0.717) is 24.5 Å². The highest BCUT2D eigenvalue weighted by Gasteiger charge is 2.23. The maximum absolute atomic E-state index is 13.1. The molecule has 2 N–H and O–H groups in total. The molecule has 0 aliphatic heterocycles. The quantitative estimate of drug-likeness (QED) is 0.207. The number of nitro benzene ring substituents is 1. The van der Waals surface area contributed by atoms with E-state index in [0.717, 1.165) is 34.0 Å². The molecule has 37 heavy (non-hydrogen) atoms. The number of benzene rings is 3. The highest BCUT2D eigenvalue weighted by atomic mass is 16.6. The van der Waals surface area contributed by atoms with Crippen molar-refractivity contribution in [1.29, 1.82) is 0 Å². The Morgan fingerprint density at radius 2 is 1.84 bits per heavy atom. The van der Waals surface area contributed by atoms with E-state index in [1.165, 1.54) is 11.6 Å². The topological polar surface area (TPSA) is 106 Å². The molecule has 4 aromatic rings. The lowest BCUT2D eigenvalue weighted by Gasteiger charge is -2.17. The van der Waals surface area contributed by atoms with E-state index in [-0.39, 0.29) is 23.9 Å². The van der Waals surface area contributed by atoms with Gasteiger partial charge in [-0.2, -0.15) is 0 Å². The van der Waals surface area contributed by atoms with Crippen molar-refractivity contribution in [3.05, 3.63) is 99.2 Å². The number of amides is 1. The number of aromatic nitrogens is 1. The average molecular weight is 502 g/mol. The molecular weight excluding hydrogens is 470 g/mol. The van der Waals surface area contributed by atoms with Crippen LogP contribution in [-0.2, 0) is 17.6 Å². The van der Waals surface area contributed by atoms with Gasteiger partial charge in [0, 0.05) is 48.1 Å². The molecule has 0 unspecified atom stereocenters. The minimum atomic E-state index is -0.409. The molecule has 8 nitrogen and oxygen atoms in total. The molecule has 0 fully saturated rings. The number of carbonyl (C=O) groups excluding carboxylic acids is 1. The van der Waals surface area contributed by atoms with Crippen molar-refractivity contribution >= 4 is 22.5 Å². The Morgan fingerprint density at radius 1 is 1.05 bits per heavy atom. The number of non-ortho nitro benzene ring substituents is 1. The van der Waals surface area contributed by atoms with E-state index in [4.69, 9.17) is 9.47 Å². The van der Waals surface area contributed by atoms with E-state index in [1.807, 2.05) is 42.6 Å². The molecule has 4 rings (SSSR count). The minimum Gasteiger partial charge on any atom is -0.493 e. The van der Waals surface area contributed by atoms with Crippen LogP contribution in [-0.4, -0.2) is 36.6 Å². The summed E-state index contributed by atoms with van der Waals surface area (Å²) in [5.74, 6) is 0.822. The maximum atomic E-state index is 13.1. The first kappa shape index (κ1) is 25.8. The van der Waals surface area contributed by atoms with Gasteiger partial charge in [0.05, 0.1) is 19.1 Å². The van der Waals surface area contributed by atoms with E-state index in [1.54, 1.807) is 26.4 Å². The fourth-order valence-electron chi connectivity index (χ4n) is 4.72. The smallest absolute Gasteiger partial charge is 0.269 e. The summed E-state index contributed by atoms with van der Waals surface area (Å²) < 4.78 is 10.6. The lowest BCUT2D eigenvalue weighted by molar-refractivity contribution is -0.384. The predicted octanol–water partition coefficient (Wildman–Crippen LogP) is 5.54. The molecule has 8 heteroatoms. The molecule has 0 radical (unpaired) electrons. The third kappa shape index (κ3) is 5.74. The van der Waals surface area contributed by atoms with Crippen LogP contribution in [0.25, 0.3) is 10.9 Å². The Balaban J connectivity index is 1.56. The van der Waals surface area contributed by atoms with Crippen molar-refractivity contribution in [1.82, 2.24) is 10.3 Å². The number of fused-ring (bicyclic) bond motifs is 1. The van der Waals surface area contributed by atoms with E-state index >= 15 is 0 Å². The van der Waals surface area contributed by atoms with E-state index in [2.05, 4.69) is 23.3 Å². The van der Waals surface area contributed by atoms with Crippen LogP contribution < -0.4 is 14.8 Å². The normalized spacial score (nSPS) is 11.8. The number of nitro groups is 1. The Hall–Kier alpha value is -4.33. The first-order valence-electron chi connectivity index (χ1n) is 12.3. The summed E-state index contributed by atoms with van der Waals surface area (Å²) in [5.41, 5.74) is 4.90. The molecule has 1 atom stereocenters. The summed E-state index contributed by atoms with van der Waals surface area (Å²) in [6.07, 6.45) is 3.58. The van der Waals surface area contributed by atoms with Gasteiger partial charge in [-0.1, -0.05) is 43.3 Å². The lowest BCUT2D eigenvalue weighted by Crippen LogP contribution is -2.27. The zero-order valence-electron chi connectivity index (χ0n) is 21.2. The van der Waals surface area contributed by atoms with Crippen LogP contribution in [0, 0.1) is 10.1 Å². The van der Waals surface area contributed by atoms with Gasteiger partial charge in [0.15, 0.2) is 11.5 Å². The molecule has 0 saturated carbocycles. The summed E-state index contributed by atoms with van der Waals surface area (Å²) in [4.78, 5) is 27.5. The average Bonchev–Trinajstić information content (AvgIpc) is 3.35. The van der Waals surface area contributed by atoms with Gasteiger partial charge in [0.1, 0.15) is 0 Å². The number of H-pyrrole nitrogens is 1. The SMILES string of the molecule is CCc1cccc2c([C@@H](CC(=O)NCCc3ccc(OC)c(OC)c3)c3cccc([N+](=O)[O-])c3)c[nH]c12. The number of ether oxygens (including phenoxy) is 2. The van der Waals surface area contributed by atoms with Gasteiger partial charge in [0.25, 0.3) is 5.69 Å². The summed E-state index contributed by atoms with van der Waals surface area (Å²) >= 11 is 0. The van der Waals surface area contributed by atoms with Gasteiger partial charge in [-0.15, -0.1) is 0 Å². The molecular formula is C29H31N3O5. The Labute approximate surface area is 215 Å². The van der Waals surface area contributed by atoms with Crippen LogP contribution in [0.3, 0.4) is 0 Å².